The normalized spacial score (nSPS) is 10.6. The summed E-state index contributed by atoms with van der Waals surface area (Å²) >= 11 is 0. The maximum Gasteiger partial charge on any atom is 0.138 e. The number of phenols is 1. The van der Waals surface area contributed by atoms with Crippen molar-refractivity contribution in [2.24, 2.45) is 0 Å². The Morgan fingerprint density at radius 2 is 1.68 bits per heavy atom. The Hall–Kier alpha value is -2.55. The van der Waals surface area contributed by atoms with Gasteiger partial charge in [-0.1, -0.05) is 42.5 Å². The summed E-state index contributed by atoms with van der Waals surface area (Å²) in [5.74, 6) is 1.10. The van der Waals surface area contributed by atoms with Crippen LogP contribution in [0, 0.1) is 6.92 Å². The highest BCUT2D eigenvalue weighted by atomic mass is 16.3. The Balaban J connectivity index is 2.08. The molecule has 0 aliphatic carbocycles. The summed E-state index contributed by atoms with van der Waals surface area (Å²) in [4.78, 5) is 7.91. The van der Waals surface area contributed by atoms with Gasteiger partial charge in [-0.25, -0.2) is 4.98 Å². The number of H-pyrrole nitrogens is 1. The summed E-state index contributed by atoms with van der Waals surface area (Å²) in [6.45, 7) is 1.98. The van der Waals surface area contributed by atoms with E-state index in [1.54, 1.807) is 12.1 Å². The summed E-state index contributed by atoms with van der Waals surface area (Å²) in [6, 6.07) is 17.1. The molecule has 1 heterocycles. The van der Waals surface area contributed by atoms with Gasteiger partial charge >= 0.3 is 0 Å². The molecule has 0 atom stereocenters. The van der Waals surface area contributed by atoms with E-state index in [0.717, 1.165) is 28.3 Å². The first-order valence-electron chi connectivity index (χ1n) is 6.15. The van der Waals surface area contributed by atoms with Crippen LogP contribution >= 0.6 is 0 Å². The summed E-state index contributed by atoms with van der Waals surface area (Å²) < 4.78 is 0. The molecule has 0 bridgehead atoms. The minimum absolute atomic E-state index is 0.251. The standard InChI is InChI=1S/C16H14N2O/c1-11-15(13-8-5-9-14(19)10-13)18-16(17-11)12-6-3-2-4-7-12/h2-10,19H,1H3,(H,17,18). The molecular formula is C16H14N2O. The molecule has 3 rings (SSSR count). The molecule has 0 aliphatic heterocycles. The fraction of sp³-hybridized carbons (Fsp3) is 0.0625. The first kappa shape index (κ1) is 11.5. The number of hydrogen-bond donors (Lipinski definition) is 2. The first-order valence-corrected chi connectivity index (χ1v) is 6.15. The third-order valence-corrected chi connectivity index (χ3v) is 3.05. The van der Waals surface area contributed by atoms with Crippen LogP contribution in [-0.2, 0) is 0 Å². The van der Waals surface area contributed by atoms with Gasteiger partial charge < -0.3 is 10.1 Å². The summed E-state index contributed by atoms with van der Waals surface area (Å²) in [5.41, 5.74) is 3.83. The molecule has 94 valence electrons. The second kappa shape index (κ2) is 4.61. The number of aromatic amines is 1. The maximum absolute atomic E-state index is 9.55. The first-order chi connectivity index (χ1) is 9.24. The number of rotatable bonds is 2. The molecule has 3 heteroatoms. The van der Waals surface area contributed by atoms with E-state index in [4.69, 9.17) is 0 Å². The van der Waals surface area contributed by atoms with Gasteiger partial charge in [-0.15, -0.1) is 0 Å². The molecular weight excluding hydrogens is 236 g/mol. The Morgan fingerprint density at radius 1 is 0.947 bits per heavy atom. The molecule has 0 unspecified atom stereocenters. The lowest BCUT2D eigenvalue weighted by atomic mass is 10.1. The summed E-state index contributed by atoms with van der Waals surface area (Å²) in [5, 5.41) is 9.55. The van der Waals surface area contributed by atoms with Crippen LogP contribution in [0.5, 0.6) is 5.75 Å². The Bertz CT molecular complexity index is 702. The lowest BCUT2D eigenvalue weighted by molar-refractivity contribution is 0.475. The zero-order chi connectivity index (χ0) is 13.2. The topological polar surface area (TPSA) is 48.9 Å². The maximum atomic E-state index is 9.55. The quantitative estimate of drug-likeness (QED) is 0.727. The van der Waals surface area contributed by atoms with Crippen molar-refractivity contribution in [1.82, 2.24) is 9.97 Å². The fourth-order valence-corrected chi connectivity index (χ4v) is 2.13. The van der Waals surface area contributed by atoms with Gasteiger partial charge in [0.05, 0.1) is 5.69 Å². The number of benzene rings is 2. The van der Waals surface area contributed by atoms with Gasteiger partial charge in [0.1, 0.15) is 11.6 Å². The van der Waals surface area contributed by atoms with E-state index in [9.17, 15) is 5.11 Å². The van der Waals surface area contributed by atoms with Crippen LogP contribution in [0.2, 0.25) is 0 Å². The third-order valence-electron chi connectivity index (χ3n) is 3.05. The Kier molecular flexibility index (Phi) is 2.80. The molecule has 0 radical (unpaired) electrons. The average Bonchev–Trinajstić information content (AvgIpc) is 2.82. The van der Waals surface area contributed by atoms with Gasteiger partial charge in [0, 0.05) is 16.8 Å². The van der Waals surface area contributed by atoms with Gasteiger partial charge in [0.25, 0.3) is 0 Å². The van der Waals surface area contributed by atoms with E-state index < -0.39 is 0 Å². The molecule has 0 saturated carbocycles. The average molecular weight is 250 g/mol. The second-order valence-corrected chi connectivity index (χ2v) is 4.48. The summed E-state index contributed by atoms with van der Waals surface area (Å²) in [6.07, 6.45) is 0. The van der Waals surface area contributed by atoms with Crippen LogP contribution in [0.15, 0.2) is 54.6 Å². The number of phenolic OH excluding ortho intramolecular Hbond substituents is 1. The van der Waals surface area contributed by atoms with Crippen molar-refractivity contribution in [1.29, 1.82) is 0 Å². The molecule has 0 aliphatic rings. The predicted octanol–water partition coefficient (Wildman–Crippen LogP) is 3.76. The summed E-state index contributed by atoms with van der Waals surface area (Å²) in [7, 11) is 0. The van der Waals surface area contributed by atoms with E-state index in [2.05, 4.69) is 9.97 Å². The van der Waals surface area contributed by atoms with Gasteiger partial charge in [0.15, 0.2) is 0 Å². The number of hydrogen-bond acceptors (Lipinski definition) is 2. The number of aryl methyl sites for hydroxylation is 1. The fourth-order valence-electron chi connectivity index (χ4n) is 2.13. The van der Waals surface area contributed by atoms with E-state index in [1.165, 1.54) is 0 Å². The van der Waals surface area contributed by atoms with Gasteiger partial charge in [-0.05, 0) is 19.1 Å². The SMILES string of the molecule is Cc1[nH]c(-c2ccccc2)nc1-c1cccc(O)c1. The molecule has 19 heavy (non-hydrogen) atoms. The minimum Gasteiger partial charge on any atom is -0.508 e. The van der Waals surface area contributed by atoms with E-state index in [-0.39, 0.29) is 5.75 Å². The zero-order valence-corrected chi connectivity index (χ0v) is 10.6. The third kappa shape index (κ3) is 2.22. The van der Waals surface area contributed by atoms with Crippen molar-refractivity contribution in [2.75, 3.05) is 0 Å². The van der Waals surface area contributed by atoms with Crippen molar-refractivity contribution in [3.05, 3.63) is 60.3 Å². The van der Waals surface area contributed by atoms with Crippen molar-refractivity contribution >= 4 is 0 Å². The predicted molar refractivity (Wildman–Crippen MR) is 75.9 cm³/mol. The second-order valence-electron chi connectivity index (χ2n) is 4.48. The number of aromatic hydroxyl groups is 1. The lowest BCUT2D eigenvalue weighted by Crippen LogP contribution is -1.81. The Morgan fingerprint density at radius 3 is 2.42 bits per heavy atom. The van der Waals surface area contributed by atoms with Gasteiger partial charge in [-0.2, -0.15) is 0 Å². The highest BCUT2D eigenvalue weighted by Crippen LogP contribution is 2.27. The van der Waals surface area contributed by atoms with Crippen LogP contribution in [0.3, 0.4) is 0 Å². The van der Waals surface area contributed by atoms with Crippen molar-refractivity contribution in [2.45, 2.75) is 6.92 Å². The molecule has 0 spiro atoms. The van der Waals surface area contributed by atoms with Crippen LogP contribution in [0.1, 0.15) is 5.69 Å². The molecule has 3 nitrogen and oxygen atoms in total. The lowest BCUT2D eigenvalue weighted by Gasteiger charge is -1.99. The highest BCUT2D eigenvalue weighted by molar-refractivity contribution is 5.68. The van der Waals surface area contributed by atoms with E-state index in [0.29, 0.717) is 0 Å². The minimum atomic E-state index is 0.251. The molecule has 1 aromatic heterocycles. The van der Waals surface area contributed by atoms with E-state index >= 15 is 0 Å². The number of aromatic nitrogens is 2. The number of nitrogens with zero attached hydrogens (tertiary/aromatic N) is 1. The van der Waals surface area contributed by atoms with Crippen LogP contribution in [0.25, 0.3) is 22.6 Å². The number of imidazole rings is 1. The van der Waals surface area contributed by atoms with Crippen LogP contribution in [-0.4, -0.2) is 15.1 Å². The zero-order valence-electron chi connectivity index (χ0n) is 10.6. The van der Waals surface area contributed by atoms with E-state index in [1.807, 2.05) is 49.4 Å². The number of nitrogens with one attached hydrogen (secondary N) is 1. The monoisotopic (exact) mass is 250 g/mol. The van der Waals surface area contributed by atoms with Crippen molar-refractivity contribution < 1.29 is 5.11 Å². The van der Waals surface area contributed by atoms with Crippen molar-refractivity contribution in [3.8, 4) is 28.4 Å². The Labute approximate surface area is 111 Å². The van der Waals surface area contributed by atoms with Crippen molar-refractivity contribution in [3.63, 3.8) is 0 Å². The molecule has 2 aromatic carbocycles. The molecule has 0 saturated heterocycles. The molecule has 2 N–H and O–H groups in total. The van der Waals surface area contributed by atoms with Crippen LogP contribution < -0.4 is 0 Å². The smallest absolute Gasteiger partial charge is 0.138 e. The largest absolute Gasteiger partial charge is 0.508 e. The molecule has 0 fully saturated rings. The molecule has 3 aromatic rings. The van der Waals surface area contributed by atoms with Gasteiger partial charge in [0.2, 0.25) is 0 Å². The highest BCUT2D eigenvalue weighted by Gasteiger charge is 2.10. The molecule has 0 amide bonds. The van der Waals surface area contributed by atoms with Crippen LogP contribution in [0.4, 0.5) is 0 Å². The van der Waals surface area contributed by atoms with Gasteiger partial charge in [-0.3, -0.25) is 0 Å².